The van der Waals surface area contributed by atoms with E-state index in [1.165, 1.54) is 5.56 Å². The van der Waals surface area contributed by atoms with Crippen molar-refractivity contribution >= 4 is 0 Å². The van der Waals surface area contributed by atoms with Gasteiger partial charge in [-0.1, -0.05) is 6.92 Å². The summed E-state index contributed by atoms with van der Waals surface area (Å²) in [6.07, 6.45) is 4.53. The first-order valence-corrected chi connectivity index (χ1v) is 6.54. The summed E-state index contributed by atoms with van der Waals surface area (Å²) in [5.74, 6) is 1.31. The van der Waals surface area contributed by atoms with E-state index in [0.717, 1.165) is 25.2 Å². The van der Waals surface area contributed by atoms with E-state index >= 15 is 0 Å². The van der Waals surface area contributed by atoms with Gasteiger partial charge in [0.2, 0.25) is 5.88 Å². The molecule has 1 N–H and O–H groups in total. The van der Waals surface area contributed by atoms with Crippen LogP contribution in [0.15, 0.2) is 36.7 Å². The molecule has 0 aromatic carbocycles. The smallest absolute Gasteiger partial charge is 0.219 e. The summed E-state index contributed by atoms with van der Waals surface area (Å²) in [6, 6.07) is 7.74. The predicted molar refractivity (Wildman–Crippen MR) is 75.3 cm³/mol. The van der Waals surface area contributed by atoms with Crippen molar-refractivity contribution in [2.45, 2.75) is 26.8 Å². The highest BCUT2D eigenvalue weighted by atomic mass is 16.5. The fraction of sp³-hybridized carbons (Fsp3) is 0.333. The molecule has 0 saturated heterocycles. The highest BCUT2D eigenvalue weighted by Crippen LogP contribution is 2.19. The topological polar surface area (TPSA) is 47.0 Å². The highest BCUT2D eigenvalue weighted by molar-refractivity contribution is 5.29. The van der Waals surface area contributed by atoms with Crippen LogP contribution in [0.5, 0.6) is 11.6 Å². The van der Waals surface area contributed by atoms with Crippen molar-refractivity contribution in [3.05, 3.63) is 47.9 Å². The van der Waals surface area contributed by atoms with Gasteiger partial charge in [-0.2, -0.15) is 0 Å². The fourth-order valence-corrected chi connectivity index (χ4v) is 1.80. The van der Waals surface area contributed by atoms with E-state index in [9.17, 15) is 0 Å². The molecule has 0 atom stereocenters. The second-order valence-electron chi connectivity index (χ2n) is 4.42. The molecule has 0 aliphatic heterocycles. The molecule has 0 radical (unpaired) electrons. The molecule has 100 valence electrons. The first kappa shape index (κ1) is 13.5. The first-order valence-electron chi connectivity index (χ1n) is 6.54. The molecule has 0 aliphatic carbocycles. The van der Waals surface area contributed by atoms with Gasteiger partial charge in [0.15, 0.2) is 0 Å². The fourth-order valence-electron chi connectivity index (χ4n) is 1.80. The van der Waals surface area contributed by atoms with E-state index in [0.29, 0.717) is 11.6 Å². The minimum atomic E-state index is 0.612. The maximum atomic E-state index is 5.70. The lowest BCUT2D eigenvalue weighted by molar-refractivity contribution is 0.458. The minimum absolute atomic E-state index is 0.612. The van der Waals surface area contributed by atoms with Crippen LogP contribution in [0.4, 0.5) is 0 Å². The van der Waals surface area contributed by atoms with Gasteiger partial charge >= 0.3 is 0 Å². The van der Waals surface area contributed by atoms with Crippen molar-refractivity contribution in [2.75, 3.05) is 6.54 Å². The standard InChI is InChI=1S/C15H19N3O/c1-3-6-16-10-13-8-12(2)18-15(9-13)19-14-5-4-7-17-11-14/h4-5,7-9,11,16H,3,6,10H2,1-2H3. The largest absolute Gasteiger partial charge is 0.437 e. The van der Waals surface area contributed by atoms with Gasteiger partial charge in [-0.25, -0.2) is 4.98 Å². The van der Waals surface area contributed by atoms with Crippen LogP contribution in [-0.2, 0) is 6.54 Å². The van der Waals surface area contributed by atoms with Crippen LogP contribution in [0.2, 0.25) is 0 Å². The van der Waals surface area contributed by atoms with Crippen LogP contribution < -0.4 is 10.1 Å². The van der Waals surface area contributed by atoms with Crippen LogP contribution >= 0.6 is 0 Å². The normalized spacial score (nSPS) is 10.4. The van der Waals surface area contributed by atoms with Crippen LogP contribution in [0.25, 0.3) is 0 Å². The molecule has 0 saturated carbocycles. The van der Waals surface area contributed by atoms with Crippen LogP contribution in [0, 0.1) is 6.92 Å². The Kier molecular flexibility index (Phi) is 4.86. The molecule has 19 heavy (non-hydrogen) atoms. The molecule has 2 aromatic rings. The van der Waals surface area contributed by atoms with Crippen molar-refractivity contribution in [1.29, 1.82) is 0 Å². The molecule has 0 bridgehead atoms. The Bertz CT molecular complexity index is 514. The number of nitrogens with one attached hydrogen (secondary N) is 1. The van der Waals surface area contributed by atoms with Crippen molar-refractivity contribution < 1.29 is 4.74 Å². The van der Waals surface area contributed by atoms with Crippen LogP contribution in [0.1, 0.15) is 24.6 Å². The van der Waals surface area contributed by atoms with Crippen molar-refractivity contribution in [3.8, 4) is 11.6 Å². The zero-order chi connectivity index (χ0) is 13.5. The Morgan fingerprint density at radius 3 is 2.95 bits per heavy atom. The average molecular weight is 257 g/mol. The van der Waals surface area contributed by atoms with Gasteiger partial charge in [0.05, 0.1) is 6.20 Å². The lowest BCUT2D eigenvalue weighted by atomic mass is 10.2. The van der Waals surface area contributed by atoms with Crippen LogP contribution in [-0.4, -0.2) is 16.5 Å². The molecule has 0 amide bonds. The van der Waals surface area contributed by atoms with Crippen molar-refractivity contribution in [3.63, 3.8) is 0 Å². The summed E-state index contributed by atoms with van der Waals surface area (Å²) in [5.41, 5.74) is 2.13. The summed E-state index contributed by atoms with van der Waals surface area (Å²) in [6.45, 7) is 5.97. The summed E-state index contributed by atoms with van der Waals surface area (Å²) < 4.78 is 5.70. The lowest BCUT2D eigenvalue weighted by Crippen LogP contribution is -2.14. The zero-order valence-corrected chi connectivity index (χ0v) is 11.4. The Labute approximate surface area is 113 Å². The van der Waals surface area contributed by atoms with E-state index in [2.05, 4.69) is 28.3 Å². The number of hydrogen-bond donors (Lipinski definition) is 1. The molecule has 4 nitrogen and oxygen atoms in total. The molecule has 2 heterocycles. The third kappa shape index (κ3) is 4.34. The van der Waals surface area contributed by atoms with E-state index in [1.54, 1.807) is 12.4 Å². The second-order valence-corrected chi connectivity index (χ2v) is 4.42. The molecule has 0 aliphatic rings. The number of aromatic nitrogens is 2. The van der Waals surface area contributed by atoms with Gasteiger partial charge in [-0.15, -0.1) is 0 Å². The Morgan fingerprint density at radius 1 is 1.32 bits per heavy atom. The third-order valence-corrected chi connectivity index (χ3v) is 2.60. The number of aryl methyl sites for hydroxylation is 1. The highest BCUT2D eigenvalue weighted by Gasteiger charge is 2.03. The molecule has 0 fully saturated rings. The first-order chi connectivity index (χ1) is 9.28. The van der Waals surface area contributed by atoms with E-state index < -0.39 is 0 Å². The molecule has 2 aromatic heterocycles. The Balaban J connectivity index is 2.08. The van der Waals surface area contributed by atoms with Gasteiger partial charge in [-0.3, -0.25) is 4.98 Å². The SMILES string of the molecule is CCCNCc1cc(C)nc(Oc2cccnc2)c1. The second kappa shape index (κ2) is 6.85. The van der Waals surface area contributed by atoms with Gasteiger partial charge < -0.3 is 10.1 Å². The molecular weight excluding hydrogens is 238 g/mol. The molecule has 0 unspecified atom stereocenters. The molecule has 4 heteroatoms. The van der Waals surface area contributed by atoms with E-state index in [4.69, 9.17) is 4.74 Å². The number of ether oxygens (including phenoxy) is 1. The van der Waals surface area contributed by atoms with Gasteiger partial charge in [0.25, 0.3) is 0 Å². The van der Waals surface area contributed by atoms with E-state index in [1.807, 2.05) is 25.1 Å². The Hall–Kier alpha value is -1.94. The summed E-state index contributed by atoms with van der Waals surface area (Å²) in [7, 11) is 0. The van der Waals surface area contributed by atoms with E-state index in [-0.39, 0.29) is 0 Å². The minimum Gasteiger partial charge on any atom is -0.437 e. The number of rotatable bonds is 6. The number of pyridine rings is 2. The Morgan fingerprint density at radius 2 is 2.21 bits per heavy atom. The third-order valence-electron chi connectivity index (χ3n) is 2.60. The lowest BCUT2D eigenvalue weighted by Gasteiger charge is -2.08. The molecule has 2 rings (SSSR count). The number of hydrogen-bond acceptors (Lipinski definition) is 4. The van der Waals surface area contributed by atoms with Gasteiger partial charge in [0.1, 0.15) is 5.75 Å². The maximum absolute atomic E-state index is 5.70. The van der Waals surface area contributed by atoms with Crippen molar-refractivity contribution in [2.24, 2.45) is 0 Å². The van der Waals surface area contributed by atoms with Crippen molar-refractivity contribution in [1.82, 2.24) is 15.3 Å². The molecule has 0 spiro atoms. The quantitative estimate of drug-likeness (QED) is 0.808. The van der Waals surface area contributed by atoms with Gasteiger partial charge in [-0.05, 0) is 43.7 Å². The maximum Gasteiger partial charge on any atom is 0.219 e. The monoisotopic (exact) mass is 257 g/mol. The van der Waals surface area contributed by atoms with Gasteiger partial charge in [0, 0.05) is 24.5 Å². The summed E-state index contributed by atoms with van der Waals surface area (Å²) in [4.78, 5) is 8.40. The van der Waals surface area contributed by atoms with Crippen LogP contribution in [0.3, 0.4) is 0 Å². The average Bonchev–Trinajstić information content (AvgIpc) is 2.39. The zero-order valence-electron chi connectivity index (χ0n) is 11.4. The summed E-state index contributed by atoms with van der Waals surface area (Å²) in [5, 5.41) is 3.37. The number of nitrogens with zero attached hydrogens (tertiary/aromatic N) is 2. The molecular formula is C15H19N3O. The predicted octanol–water partition coefficient (Wildman–Crippen LogP) is 3.08. The summed E-state index contributed by atoms with van der Waals surface area (Å²) >= 11 is 0.